The Morgan fingerprint density at radius 3 is 2.61 bits per heavy atom. The monoisotopic (exact) mass is 426 g/mol. The van der Waals surface area contributed by atoms with Gasteiger partial charge in [0.1, 0.15) is 0 Å². The van der Waals surface area contributed by atoms with Crippen molar-refractivity contribution in [3.05, 3.63) is 40.7 Å². The summed E-state index contributed by atoms with van der Waals surface area (Å²) in [5, 5.41) is 27.5. The van der Waals surface area contributed by atoms with Gasteiger partial charge >= 0.3 is 0 Å². The number of amides is 1. The van der Waals surface area contributed by atoms with Crippen LogP contribution in [0.5, 0.6) is 0 Å². The highest BCUT2D eigenvalue weighted by molar-refractivity contribution is 6.00. The molecule has 2 aromatic rings. The Labute approximate surface area is 181 Å². The first-order valence-electron chi connectivity index (χ1n) is 10.8. The van der Waals surface area contributed by atoms with Crippen molar-refractivity contribution >= 4 is 17.4 Å². The third kappa shape index (κ3) is 4.22. The van der Waals surface area contributed by atoms with Crippen LogP contribution in [0.1, 0.15) is 78.1 Å². The van der Waals surface area contributed by atoms with E-state index < -0.39 is 5.91 Å². The third-order valence-corrected chi connectivity index (χ3v) is 6.34. The second kappa shape index (κ2) is 8.09. The van der Waals surface area contributed by atoms with Gasteiger partial charge in [-0.1, -0.05) is 13.8 Å². The third-order valence-electron chi connectivity index (χ3n) is 6.34. The highest BCUT2D eigenvalue weighted by atomic mass is 16.3. The highest BCUT2D eigenvalue weighted by Gasteiger charge is 2.36. The number of ketones is 1. The van der Waals surface area contributed by atoms with Crippen LogP contribution in [0.15, 0.2) is 18.2 Å². The van der Waals surface area contributed by atoms with E-state index in [9.17, 15) is 19.8 Å². The van der Waals surface area contributed by atoms with Gasteiger partial charge in [0.05, 0.1) is 40.9 Å². The first-order valence-corrected chi connectivity index (χ1v) is 10.8. The van der Waals surface area contributed by atoms with E-state index in [1.165, 1.54) is 0 Å². The number of aromatic nitrogens is 2. The summed E-state index contributed by atoms with van der Waals surface area (Å²) in [6.07, 6.45) is 3.84. The summed E-state index contributed by atoms with van der Waals surface area (Å²) < 4.78 is 1.71. The molecule has 31 heavy (non-hydrogen) atoms. The fourth-order valence-electron chi connectivity index (χ4n) is 4.79. The van der Waals surface area contributed by atoms with E-state index in [-0.39, 0.29) is 30.0 Å². The molecule has 2 aliphatic carbocycles. The molecule has 1 fully saturated rings. The summed E-state index contributed by atoms with van der Waals surface area (Å²) in [4.78, 5) is 24.8. The van der Waals surface area contributed by atoms with Gasteiger partial charge in [-0.2, -0.15) is 5.10 Å². The number of fused-ring (bicyclic) bond motifs is 1. The zero-order valence-corrected chi connectivity index (χ0v) is 18.0. The van der Waals surface area contributed by atoms with E-state index in [1.807, 2.05) is 19.9 Å². The van der Waals surface area contributed by atoms with E-state index in [0.29, 0.717) is 53.9 Å². The van der Waals surface area contributed by atoms with E-state index >= 15 is 0 Å². The first-order chi connectivity index (χ1) is 14.7. The standard InChI is InChI=1S/C23H30N4O4/c1-23(2)10-19-21(20(30)11-23)18(12-28)26-27(19)14-5-8-16(22(24)31)17(9-14)25-13-3-6-15(29)7-4-13/h5,8-9,13,15,25,28-29H,3-4,6-7,10-12H2,1-2H3,(H2,24,31). The lowest BCUT2D eigenvalue weighted by Crippen LogP contribution is -2.29. The average Bonchev–Trinajstić information content (AvgIpc) is 3.07. The highest BCUT2D eigenvalue weighted by Crippen LogP contribution is 2.37. The minimum atomic E-state index is -0.528. The number of hydrogen-bond acceptors (Lipinski definition) is 6. The number of rotatable bonds is 5. The molecule has 166 valence electrons. The number of Topliss-reactive ketones (excluding diaryl/α,β-unsaturated/α-hetero) is 1. The predicted molar refractivity (Wildman–Crippen MR) is 116 cm³/mol. The van der Waals surface area contributed by atoms with Gasteiger partial charge in [-0.25, -0.2) is 4.68 Å². The smallest absolute Gasteiger partial charge is 0.250 e. The van der Waals surface area contributed by atoms with Crippen LogP contribution < -0.4 is 11.1 Å². The minimum Gasteiger partial charge on any atom is -0.393 e. The zero-order chi connectivity index (χ0) is 22.3. The van der Waals surface area contributed by atoms with Crippen LogP contribution in [0, 0.1) is 5.41 Å². The van der Waals surface area contributed by atoms with Gasteiger partial charge in [0.2, 0.25) is 0 Å². The Hall–Kier alpha value is -2.71. The topological polar surface area (TPSA) is 130 Å². The maximum absolute atomic E-state index is 12.8. The number of nitrogens with zero attached hydrogens (tertiary/aromatic N) is 2. The molecule has 1 amide bonds. The molecule has 0 bridgehead atoms. The number of nitrogens with two attached hydrogens (primary N) is 1. The Bertz CT molecular complexity index is 1020. The maximum Gasteiger partial charge on any atom is 0.250 e. The lowest BCUT2D eigenvalue weighted by atomic mass is 9.75. The first kappa shape index (κ1) is 21.5. The number of hydrogen-bond donors (Lipinski definition) is 4. The zero-order valence-electron chi connectivity index (χ0n) is 18.0. The molecule has 1 aromatic heterocycles. The Kier molecular flexibility index (Phi) is 5.61. The number of aliphatic hydroxyl groups is 2. The van der Waals surface area contributed by atoms with Crippen molar-refractivity contribution in [2.45, 2.75) is 71.1 Å². The lowest BCUT2D eigenvalue weighted by molar-refractivity contribution is 0.0907. The molecule has 2 aliphatic rings. The van der Waals surface area contributed by atoms with Crippen molar-refractivity contribution in [2.75, 3.05) is 5.32 Å². The molecule has 8 nitrogen and oxygen atoms in total. The maximum atomic E-state index is 12.8. The number of primary amides is 1. The van der Waals surface area contributed by atoms with Gasteiger partial charge in [-0.15, -0.1) is 0 Å². The molecule has 4 rings (SSSR count). The normalized spacial score (nSPS) is 22.8. The van der Waals surface area contributed by atoms with E-state index in [0.717, 1.165) is 18.5 Å². The van der Waals surface area contributed by atoms with E-state index in [2.05, 4.69) is 10.4 Å². The number of benzene rings is 1. The van der Waals surface area contributed by atoms with Crippen molar-refractivity contribution in [1.82, 2.24) is 9.78 Å². The van der Waals surface area contributed by atoms with Gasteiger partial charge in [-0.05, 0) is 55.7 Å². The quantitative estimate of drug-likeness (QED) is 0.580. The summed E-state index contributed by atoms with van der Waals surface area (Å²) in [6.45, 7) is 3.78. The second-order valence-electron chi connectivity index (χ2n) is 9.52. The Morgan fingerprint density at radius 2 is 1.97 bits per heavy atom. The van der Waals surface area contributed by atoms with Crippen LogP contribution >= 0.6 is 0 Å². The SMILES string of the molecule is CC1(C)CC(=O)c2c(CO)nn(-c3ccc(C(N)=O)c(NC4CCC(O)CC4)c3)c2C1. The van der Waals surface area contributed by atoms with Crippen LogP contribution in [0.25, 0.3) is 5.69 Å². The fraction of sp³-hybridized carbons (Fsp3) is 0.522. The molecule has 1 aromatic carbocycles. The molecule has 0 radical (unpaired) electrons. The molecule has 1 heterocycles. The summed E-state index contributed by atoms with van der Waals surface area (Å²) in [5.41, 5.74) is 8.77. The molecule has 0 saturated heterocycles. The van der Waals surface area contributed by atoms with Crippen molar-refractivity contribution < 1.29 is 19.8 Å². The number of nitrogens with one attached hydrogen (secondary N) is 1. The fourth-order valence-corrected chi connectivity index (χ4v) is 4.79. The number of aliphatic hydroxyl groups excluding tert-OH is 2. The minimum absolute atomic E-state index is 0.00517. The summed E-state index contributed by atoms with van der Waals surface area (Å²) in [6, 6.07) is 5.39. The van der Waals surface area contributed by atoms with Crippen LogP contribution in [-0.4, -0.2) is 43.8 Å². The van der Waals surface area contributed by atoms with Gasteiger partial charge in [0.15, 0.2) is 5.78 Å². The van der Waals surface area contributed by atoms with Crippen LogP contribution in [0.3, 0.4) is 0 Å². The molecule has 8 heteroatoms. The largest absolute Gasteiger partial charge is 0.393 e. The summed E-state index contributed by atoms with van der Waals surface area (Å²) >= 11 is 0. The van der Waals surface area contributed by atoms with E-state index in [1.54, 1.807) is 16.8 Å². The van der Waals surface area contributed by atoms with Gasteiger partial charge in [0, 0.05) is 18.2 Å². The van der Waals surface area contributed by atoms with Crippen molar-refractivity contribution in [1.29, 1.82) is 0 Å². The Morgan fingerprint density at radius 1 is 1.26 bits per heavy atom. The van der Waals surface area contributed by atoms with Gasteiger partial charge in [-0.3, -0.25) is 9.59 Å². The van der Waals surface area contributed by atoms with Crippen molar-refractivity contribution in [3.63, 3.8) is 0 Å². The molecule has 1 saturated carbocycles. The van der Waals surface area contributed by atoms with Gasteiger partial charge < -0.3 is 21.3 Å². The number of carbonyl (C=O) groups excluding carboxylic acids is 2. The van der Waals surface area contributed by atoms with Crippen LogP contribution in [-0.2, 0) is 13.0 Å². The second-order valence-corrected chi connectivity index (χ2v) is 9.52. The number of carbonyl (C=O) groups is 2. The summed E-state index contributed by atoms with van der Waals surface area (Å²) in [7, 11) is 0. The molecule has 0 atom stereocenters. The molecular formula is C23H30N4O4. The predicted octanol–water partition coefficient (Wildman–Crippen LogP) is 2.33. The van der Waals surface area contributed by atoms with Crippen molar-refractivity contribution in [3.8, 4) is 5.69 Å². The van der Waals surface area contributed by atoms with Gasteiger partial charge in [0.25, 0.3) is 5.91 Å². The average molecular weight is 427 g/mol. The van der Waals surface area contributed by atoms with Crippen molar-refractivity contribution in [2.24, 2.45) is 11.1 Å². The number of anilines is 1. The molecule has 0 spiro atoms. The van der Waals surface area contributed by atoms with E-state index in [4.69, 9.17) is 5.73 Å². The summed E-state index contributed by atoms with van der Waals surface area (Å²) in [5.74, 6) is -0.533. The Balaban J connectivity index is 1.75. The van der Waals surface area contributed by atoms with Crippen LogP contribution in [0.2, 0.25) is 0 Å². The van der Waals surface area contributed by atoms with Crippen LogP contribution in [0.4, 0.5) is 5.69 Å². The lowest BCUT2D eigenvalue weighted by Gasteiger charge is -2.29. The molecule has 0 aliphatic heterocycles. The molecule has 0 unspecified atom stereocenters. The molecular weight excluding hydrogens is 396 g/mol. The molecule has 5 N–H and O–H groups in total.